The van der Waals surface area contributed by atoms with Crippen molar-refractivity contribution in [2.75, 3.05) is 26.3 Å². The Labute approximate surface area is 160 Å². The highest BCUT2D eigenvalue weighted by atomic mass is 16.6. The summed E-state index contributed by atoms with van der Waals surface area (Å²) in [6.07, 6.45) is 3.96. The second-order valence-electron chi connectivity index (χ2n) is 7.17. The fraction of sp³-hybridized carbons (Fsp3) is 0.600. The van der Waals surface area contributed by atoms with Crippen LogP contribution >= 0.6 is 0 Å². The number of guanidine groups is 1. The van der Waals surface area contributed by atoms with Crippen LogP contribution in [0.5, 0.6) is 5.75 Å². The highest BCUT2D eigenvalue weighted by molar-refractivity contribution is 5.78. The van der Waals surface area contributed by atoms with E-state index >= 15 is 0 Å². The van der Waals surface area contributed by atoms with Gasteiger partial charge in [-0.2, -0.15) is 0 Å². The first kappa shape index (κ1) is 19.3. The minimum Gasteiger partial charge on any atom is -0.493 e. The van der Waals surface area contributed by atoms with Gasteiger partial charge >= 0.3 is 6.09 Å². The molecule has 0 spiro atoms. The molecular weight excluding hydrogens is 344 g/mol. The van der Waals surface area contributed by atoms with E-state index in [0.717, 1.165) is 30.8 Å². The summed E-state index contributed by atoms with van der Waals surface area (Å²) in [5.41, 5.74) is 7.11. The van der Waals surface area contributed by atoms with Crippen LogP contribution in [0.1, 0.15) is 38.2 Å². The van der Waals surface area contributed by atoms with Crippen molar-refractivity contribution in [2.45, 2.75) is 45.2 Å². The van der Waals surface area contributed by atoms with E-state index in [2.05, 4.69) is 10.3 Å². The minimum atomic E-state index is -0.236. The molecule has 1 saturated carbocycles. The number of nitrogens with zero attached hydrogens (tertiary/aromatic N) is 2. The third-order valence-corrected chi connectivity index (χ3v) is 4.94. The number of para-hydroxylation sites is 1. The number of piperidine rings is 1. The van der Waals surface area contributed by atoms with Gasteiger partial charge in [0.05, 0.1) is 19.8 Å². The topological polar surface area (TPSA) is 89.2 Å². The fourth-order valence-electron chi connectivity index (χ4n) is 3.11. The molecule has 27 heavy (non-hydrogen) atoms. The Kier molecular flexibility index (Phi) is 6.79. The van der Waals surface area contributed by atoms with Gasteiger partial charge in [-0.3, -0.25) is 0 Å². The normalized spacial score (nSPS) is 18.3. The molecule has 2 aliphatic rings. The van der Waals surface area contributed by atoms with Crippen LogP contribution in [0, 0.1) is 5.92 Å². The Morgan fingerprint density at radius 2 is 2.00 bits per heavy atom. The molecule has 3 N–H and O–H groups in total. The van der Waals surface area contributed by atoms with Gasteiger partial charge in [-0.25, -0.2) is 9.79 Å². The molecule has 7 nitrogen and oxygen atoms in total. The number of carbonyl (C=O) groups excluding carboxylic acids is 1. The number of carbonyl (C=O) groups is 1. The van der Waals surface area contributed by atoms with Gasteiger partial charge in [-0.05, 0) is 44.6 Å². The Balaban J connectivity index is 1.45. The van der Waals surface area contributed by atoms with Gasteiger partial charge in [0.1, 0.15) is 5.75 Å². The Morgan fingerprint density at radius 3 is 2.70 bits per heavy atom. The molecule has 1 amide bonds. The standard InChI is InChI=1S/C20H30N4O3/c1-2-26-20(25)24-11-9-17(10-12-24)23-19(21)22-13-16-5-3-4-6-18(16)27-14-15-7-8-15/h3-6,15,17H,2,7-14H2,1H3,(H3,21,22,23). The van der Waals surface area contributed by atoms with Gasteiger partial charge in [0.15, 0.2) is 5.96 Å². The lowest BCUT2D eigenvalue weighted by atomic mass is 10.1. The van der Waals surface area contributed by atoms with Gasteiger partial charge < -0.3 is 25.4 Å². The molecule has 1 aromatic carbocycles. The van der Waals surface area contributed by atoms with E-state index in [1.807, 2.05) is 31.2 Å². The van der Waals surface area contributed by atoms with E-state index in [-0.39, 0.29) is 12.1 Å². The summed E-state index contributed by atoms with van der Waals surface area (Å²) in [5.74, 6) is 2.04. The van der Waals surface area contributed by atoms with Crippen molar-refractivity contribution in [1.29, 1.82) is 0 Å². The van der Waals surface area contributed by atoms with E-state index in [0.29, 0.717) is 38.1 Å². The second kappa shape index (κ2) is 9.48. The van der Waals surface area contributed by atoms with Crippen molar-refractivity contribution >= 4 is 12.1 Å². The van der Waals surface area contributed by atoms with Crippen molar-refractivity contribution in [2.24, 2.45) is 16.6 Å². The number of nitrogens with one attached hydrogen (secondary N) is 1. The summed E-state index contributed by atoms with van der Waals surface area (Å²) in [6, 6.07) is 8.21. The summed E-state index contributed by atoms with van der Waals surface area (Å²) in [7, 11) is 0. The molecule has 1 aromatic rings. The molecule has 1 aliphatic heterocycles. The molecule has 0 aromatic heterocycles. The lowest BCUT2D eigenvalue weighted by Crippen LogP contribution is -2.48. The average Bonchev–Trinajstić information content (AvgIpc) is 3.50. The Hall–Kier alpha value is -2.44. The van der Waals surface area contributed by atoms with Gasteiger partial charge in [-0.15, -0.1) is 0 Å². The van der Waals surface area contributed by atoms with E-state index in [9.17, 15) is 4.79 Å². The zero-order valence-corrected chi connectivity index (χ0v) is 16.0. The molecule has 2 fully saturated rings. The van der Waals surface area contributed by atoms with Crippen LogP contribution in [0.15, 0.2) is 29.3 Å². The maximum atomic E-state index is 11.7. The summed E-state index contributed by atoms with van der Waals surface area (Å²) in [6.45, 7) is 4.83. The van der Waals surface area contributed by atoms with E-state index in [4.69, 9.17) is 15.2 Å². The third-order valence-electron chi connectivity index (χ3n) is 4.94. The average molecular weight is 374 g/mol. The quantitative estimate of drug-likeness (QED) is 0.565. The molecule has 3 rings (SSSR count). The first-order chi connectivity index (χ1) is 13.2. The number of hydrogen-bond acceptors (Lipinski definition) is 4. The fourth-order valence-corrected chi connectivity index (χ4v) is 3.11. The smallest absolute Gasteiger partial charge is 0.409 e. The summed E-state index contributed by atoms with van der Waals surface area (Å²) < 4.78 is 11.0. The number of nitrogens with two attached hydrogens (primary N) is 1. The van der Waals surface area contributed by atoms with E-state index in [1.165, 1.54) is 12.8 Å². The third kappa shape index (κ3) is 6.05. The van der Waals surface area contributed by atoms with Crippen molar-refractivity contribution in [3.63, 3.8) is 0 Å². The SMILES string of the molecule is CCOC(=O)N1CCC(NC(N)=NCc2ccccc2OCC2CC2)CC1. The Morgan fingerprint density at radius 1 is 1.26 bits per heavy atom. The van der Waals surface area contributed by atoms with Gasteiger partial charge in [0.2, 0.25) is 0 Å². The zero-order chi connectivity index (χ0) is 19.1. The predicted octanol–water partition coefficient (Wildman–Crippen LogP) is 2.50. The number of amides is 1. The molecule has 1 saturated heterocycles. The number of aliphatic imine (C=N–C) groups is 1. The highest BCUT2D eigenvalue weighted by Gasteiger charge is 2.24. The van der Waals surface area contributed by atoms with Crippen LogP contribution in [0.2, 0.25) is 0 Å². The monoisotopic (exact) mass is 374 g/mol. The molecule has 0 unspecified atom stereocenters. The second-order valence-corrected chi connectivity index (χ2v) is 7.17. The molecule has 0 bridgehead atoms. The highest BCUT2D eigenvalue weighted by Crippen LogP contribution is 2.30. The van der Waals surface area contributed by atoms with Crippen molar-refractivity contribution in [3.05, 3.63) is 29.8 Å². The first-order valence-corrected chi connectivity index (χ1v) is 9.84. The number of likely N-dealkylation sites (tertiary alicyclic amines) is 1. The van der Waals surface area contributed by atoms with Gasteiger partial charge in [0.25, 0.3) is 0 Å². The van der Waals surface area contributed by atoms with Crippen molar-refractivity contribution < 1.29 is 14.3 Å². The molecular formula is C20H30N4O3. The van der Waals surface area contributed by atoms with Crippen LogP contribution in [0.3, 0.4) is 0 Å². The zero-order valence-electron chi connectivity index (χ0n) is 16.0. The lowest BCUT2D eigenvalue weighted by Gasteiger charge is -2.31. The lowest BCUT2D eigenvalue weighted by molar-refractivity contribution is 0.0963. The van der Waals surface area contributed by atoms with Crippen molar-refractivity contribution in [1.82, 2.24) is 10.2 Å². The minimum absolute atomic E-state index is 0.223. The summed E-state index contributed by atoms with van der Waals surface area (Å²) in [5, 5.41) is 3.27. The van der Waals surface area contributed by atoms with Gasteiger partial charge in [-0.1, -0.05) is 18.2 Å². The molecule has 148 valence electrons. The van der Waals surface area contributed by atoms with Crippen LogP contribution < -0.4 is 15.8 Å². The summed E-state index contributed by atoms with van der Waals surface area (Å²) >= 11 is 0. The van der Waals surface area contributed by atoms with E-state index < -0.39 is 0 Å². The maximum Gasteiger partial charge on any atom is 0.409 e. The first-order valence-electron chi connectivity index (χ1n) is 9.84. The Bertz CT molecular complexity index is 652. The molecule has 0 atom stereocenters. The van der Waals surface area contributed by atoms with Crippen LogP contribution in [-0.2, 0) is 11.3 Å². The van der Waals surface area contributed by atoms with Crippen molar-refractivity contribution in [3.8, 4) is 5.75 Å². The molecule has 1 aliphatic carbocycles. The largest absolute Gasteiger partial charge is 0.493 e. The van der Waals surface area contributed by atoms with E-state index in [1.54, 1.807) is 4.90 Å². The molecule has 0 radical (unpaired) electrons. The summed E-state index contributed by atoms with van der Waals surface area (Å²) in [4.78, 5) is 18.0. The number of hydrogen-bond donors (Lipinski definition) is 2. The van der Waals surface area contributed by atoms with Crippen LogP contribution in [0.4, 0.5) is 4.79 Å². The maximum absolute atomic E-state index is 11.7. The number of benzene rings is 1. The molecule has 7 heteroatoms. The molecule has 1 heterocycles. The van der Waals surface area contributed by atoms with Gasteiger partial charge in [0, 0.05) is 24.7 Å². The van der Waals surface area contributed by atoms with Crippen LogP contribution in [-0.4, -0.2) is 49.3 Å². The predicted molar refractivity (Wildman–Crippen MR) is 105 cm³/mol. The number of ether oxygens (including phenoxy) is 2. The van der Waals surface area contributed by atoms with Crippen LogP contribution in [0.25, 0.3) is 0 Å². The number of rotatable bonds is 7.